The van der Waals surface area contributed by atoms with Gasteiger partial charge in [-0.1, -0.05) is 0 Å². The van der Waals surface area contributed by atoms with Crippen molar-refractivity contribution in [2.75, 3.05) is 21.3 Å². The fourth-order valence-electron chi connectivity index (χ4n) is 2.28. The van der Waals surface area contributed by atoms with Gasteiger partial charge in [-0.3, -0.25) is 0 Å². The number of methoxy groups -OCH3 is 2. The Labute approximate surface area is 132 Å². The molecule has 0 radical (unpaired) electrons. The van der Waals surface area contributed by atoms with E-state index in [1.54, 1.807) is 25.6 Å². The summed E-state index contributed by atoms with van der Waals surface area (Å²) in [5.74, 6) is 1.62. The molecule has 1 aromatic heterocycles. The number of rotatable bonds is 5. The van der Waals surface area contributed by atoms with Crippen LogP contribution in [0.25, 0.3) is 0 Å². The van der Waals surface area contributed by atoms with Crippen molar-refractivity contribution in [3.8, 4) is 11.5 Å². The van der Waals surface area contributed by atoms with Crippen LogP contribution in [0.4, 0.5) is 0 Å². The van der Waals surface area contributed by atoms with E-state index < -0.39 is 0 Å². The highest BCUT2D eigenvalue weighted by atomic mass is 79.9. The third kappa shape index (κ3) is 3.00. The largest absolute Gasteiger partial charge is 0.497 e. The van der Waals surface area contributed by atoms with Crippen molar-refractivity contribution in [2.45, 2.75) is 13.0 Å². The quantitative estimate of drug-likeness (QED) is 0.873. The van der Waals surface area contributed by atoms with Crippen LogP contribution in [0.2, 0.25) is 0 Å². The highest BCUT2D eigenvalue weighted by molar-refractivity contribution is 9.11. The van der Waals surface area contributed by atoms with Crippen LogP contribution in [0.15, 0.2) is 28.1 Å². The Bertz CT molecular complexity index is 598. The Morgan fingerprint density at radius 1 is 1.15 bits per heavy atom. The van der Waals surface area contributed by atoms with Gasteiger partial charge in [0.15, 0.2) is 0 Å². The van der Waals surface area contributed by atoms with Gasteiger partial charge in [0.05, 0.1) is 24.0 Å². The topological polar surface area (TPSA) is 30.5 Å². The number of thiophene rings is 1. The maximum absolute atomic E-state index is 5.51. The molecule has 1 N–H and O–H groups in total. The Balaban J connectivity index is 2.49. The van der Waals surface area contributed by atoms with Crippen LogP contribution in [0.5, 0.6) is 11.5 Å². The summed E-state index contributed by atoms with van der Waals surface area (Å²) in [5.41, 5.74) is 2.36. The summed E-state index contributed by atoms with van der Waals surface area (Å²) < 4.78 is 11.9. The molecule has 0 saturated carbocycles. The lowest BCUT2D eigenvalue weighted by atomic mass is 9.98. The van der Waals surface area contributed by atoms with Crippen molar-refractivity contribution in [3.05, 3.63) is 44.1 Å². The molecule has 0 aliphatic heterocycles. The van der Waals surface area contributed by atoms with E-state index in [9.17, 15) is 0 Å². The molecule has 1 aromatic carbocycles. The first-order valence-corrected chi connectivity index (χ1v) is 7.86. The van der Waals surface area contributed by atoms with Crippen LogP contribution in [-0.4, -0.2) is 21.3 Å². The predicted octanol–water partition coefficient (Wildman–Crippen LogP) is 4.15. The van der Waals surface area contributed by atoms with E-state index in [1.807, 2.05) is 25.2 Å². The highest BCUT2D eigenvalue weighted by Crippen LogP contribution is 2.37. The molecule has 1 atom stereocenters. The van der Waals surface area contributed by atoms with Crippen molar-refractivity contribution in [1.82, 2.24) is 5.32 Å². The number of ether oxygens (including phenoxy) is 2. The van der Waals surface area contributed by atoms with E-state index in [0.29, 0.717) is 0 Å². The first-order chi connectivity index (χ1) is 9.60. The number of aryl methyl sites for hydroxylation is 1. The lowest BCUT2D eigenvalue weighted by Crippen LogP contribution is -2.18. The summed E-state index contributed by atoms with van der Waals surface area (Å²) in [6, 6.07) is 8.17. The molecule has 1 unspecified atom stereocenters. The number of halogens is 1. The highest BCUT2D eigenvalue weighted by Gasteiger charge is 2.20. The van der Waals surface area contributed by atoms with Crippen LogP contribution in [0, 0.1) is 6.92 Å². The second kappa shape index (κ2) is 6.61. The van der Waals surface area contributed by atoms with Gasteiger partial charge in [-0.2, -0.15) is 0 Å². The molecule has 20 heavy (non-hydrogen) atoms. The van der Waals surface area contributed by atoms with Gasteiger partial charge in [0, 0.05) is 16.5 Å². The fraction of sp³-hybridized carbons (Fsp3) is 0.333. The van der Waals surface area contributed by atoms with Gasteiger partial charge < -0.3 is 14.8 Å². The van der Waals surface area contributed by atoms with Crippen molar-refractivity contribution in [1.29, 1.82) is 0 Å². The minimum Gasteiger partial charge on any atom is -0.497 e. The standard InChI is InChI=1S/C15H18BrNO2S/c1-9-12(8-14(16)20-9)15(17-2)11-6-5-10(18-3)7-13(11)19-4/h5-8,15,17H,1-4H3. The van der Waals surface area contributed by atoms with Crippen molar-refractivity contribution in [2.24, 2.45) is 0 Å². The molecule has 0 aliphatic carbocycles. The molecular weight excluding hydrogens is 338 g/mol. The molecule has 0 fully saturated rings. The molecule has 0 aliphatic rings. The summed E-state index contributed by atoms with van der Waals surface area (Å²) in [6.07, 6.45) is 0. The van der Waals surface area contributed by atoms with Gasteiger partial charge in [-0.25, -0.2) is 0 Å². The Hall–Kier alpha value is -1.04. The average molecular weight is 356 g/mol. The van der Waals surface area contributed by atoms with Gasteiger partial charge in [0.1, 0.15) is 11.5 Å². The van der Waals surface area contributed by atoms with Crippen LogP contribution in [0.1, 0.15) is 22.0 Å². The normalized spacial score (nSPS) is 12.2. The third-order valence-electron chi connectivity index (χ3n) is 3.28. The molecule has 0 bridgehead atoms. The summed E-state index contributed by atoms with van der Waals surface area (Å²) in [7, 11) is 5.30. The second-order valence-corrected chi connectivity index (χ2v) is 7.03. The van der Waals surface area contributed by atoms with E-state index in [1.165, 1.54) is 10.4 Å². The van der Waals surface area contributed by atoms with Gasteiger partial charge in [-0.05, 0) is 53.7 Å². The van der Waals surface area contributed by atoms with Gasteiger partial charge in [0.25, 0.3) is 0 Å². The lowest BCUT2D eigenvalue weighted by Gasteiger charge is -2.20. The number of hydrogen-bond donors (Lipinski definition) is 1. The molecule has 2 rings (SSSR count). The second-order valence-electron chi connectivity index (χ2n) is 4.39. The average Bonchev–Trinajstić information content (AvgIpc) is 2.79. The zero-order chi connectivity index (χ0) is 14.7. The first-order valence-electron chi connectivity index (χ1n) is 6.25. The van der Waals surface area contributed by atoms with Crippen molar-refractivity contribution < 1.29 is 9.47 Å². The minimum absolute atomic E-state index is 0.0957. The zero-order valence-corrected chi connectivity index (χ0v) is 14.4. The maximum atomic E-state index is 5.51. The van der Waals surface area contributed by atoms with E-state index in [-0.39, 0.29) is 6.04 Å². The molecule has 0 amide bonds. The van der Waals surface area contributed by atoms with E-state index in [2.05, 4.69) is 34.2 Å². The predicted molar refractivity (Wildman–Crippen MR) is 87.2 cm³/mol. The van der Waals surface area contributed by atoms with E-state index >= 15 is 0 Å². The molecule has 5 heteroatoms. The van der Waals surface area contributed by atoms with Crippen molar-refractivity contribution in [3.63, 3.8) is 0 Å². The SMILES string of the molecule is CNC(c1ccc(OC)cc1OC)c1cc(Br)sc1C. The Morgan fingerprint density at radius 3 is 2.40 bits per heavy atom. The zero-order valence-electron chi connectivity index (χ0n) is 12.0. The minimum atomic E-state index is 0.0957. The van der Waals surface area contributed by atoms with E-state index in [0.717, 1.165) is 20.8 Å². The Morgan fingerprint density at radius 2 is 1.90 bits per heavy atom. The smallest absolute Gasteiger partial charge is 0.127 e. The van der Waals surface area contributed by atoms with Gasteiger partial charge in [0.2, 0.25) is 0 Å². The molecule has 0 saturated heterocycles. The van der Waals surface area contributed by atoms with Crippen LogP contribution >= 0.6 is 27.3 Å². The third-order valence-corrected chi connectivity index (χ3v) is 4.85. The number of benzene rings is 1. The van der Waals surface area contributed by atoms with Crippen LogP contribution in [0.3, 0.4) is 0 Å². The molecular formula is C15H18BrNO2S. The summed E-state index contributed by atoms with van der Waals surface area (Å²) in [5, 5.41) is 3.37. The van der Waals surface area contributed by atoms with Crippen LogP contribution < -0.4 is 14.8 Å². The van der Waals surface area contributed by atoms with Crippen LogP contribution in [-0.2, 0) is 0 Å². The Kier molecular flexibility index (Phi) is 5.07. The molecule has 0 spiro atoms. The van der Waals surface area contributed by atoms with Gasteiger partial charge in [-0.15, -0.1) is 11.3 Å². The summed E-state index contributed by atoms with van der Waals surface area (Å²) in [4.78, 5) is 1.29. The maximum Gasteiger partial charge on any atom is 0.127 e. The number of hydrogen-bond acceptors (Lipinski definition) is 4. The lowest BCUT2D eigenvalue weighted by molar-refractivity contribution is 0.388. The molecule has 1 heterocycles. The fourth-order valence-corrected chi connectivity index (χ4v) is 4.03. The van der Waals surface area contributed by atoms with Crippen molar-refractivity contribution >= 4 is 27.3 Å². The summed E-state index contributed by atoms with van der Waals surface area (Å²) >= 11 is 5.29. The first kappa shape index (κ1) is 15.4. The van der Waals surface area contributed by atoms with Gasteiger partial charge >= 0.3 is 0 Å². The molecule has 2 aromatic rings. The molecule has 108 valence electrons. The number of nitrogens with one attached hydrogen (secondary N) is 1. The molecule has 3 nitrogen and oxygen atoms in total. The van der Waals surface area contributed by atoms with E-state index in [4.69, 9.17) is 9.47 Å². The monoisotopic (exact) mass is 355 g/mol. The summed E-state index contributed by atoms with van der Waals surface area (Å²) in [6.45, 7) is 2.13.